The summed E-state index contributed by atoms with van der Waals surface area (Å²) in [7, 11) is -3.27. The molecule has 2 fully saturated rings. The Morgan fingerprint density at radius 3 is 2.89 bits per heavy atom. The van der Waals surface area contributed by atoms with Crippen molar-refractivity contribution in [1.82, 2.24) is 14.7 Å². The van der Waals surface area contributed by atoms with Gasteiger partial charge in [0.25, 0.3) is 0 Å². The first-order valence-corrected chi connectivity index (χ1v) is 11.4. The van der Waals surface area contributed by atoms with Crippen LogP contribution in [0, 0.1) is 5.92 Å². The number of nitrogens with one attached hydrogen (secondary N) is 2. The Morgan fingerprint density at radius 2 is 2.15 bits per heavy atom. The van der Waals surface area contributed by atoms with Crippen LogP contribution in [0.5, 0.6) is 0 Å². The summed E-state index contributed by atoms with van der Waals surface area (Å²) in [6.45, 7) is 8.49. The van der Waals surface area contributed by atoms with Crippen molar-refractivity contribution in [3.63, 3.8) is 0 Å². The number of anilines is 2. The van der Waals surface area contributed by atoms with Crippen LogP contribution in [-0.2, 0) is 14.8 Å². The zero-order valence-corrected chi connectivity index (χ0v) is 17.2. The van der Waals surface area contributed by atoms with E-state index in [0.717, 1.165) is 31.1 Å². The van der Waals surface area contributed by atoms with E-state index >= 15 is 0 Å². The van der Waals surface area contributed by atoms with Gasteiger partial charge in [0, 0.05) is 32.3 Å². The standard InChI is InChI=1S/C18H31N5O3S/c1-4-21-27(24,25)14-7-8-23(11-14)17-10-16(19-12-20-17)22-15-6-5-9-26-18(15)13(2)3/h10,12-15,18,21H,4-9,11H2,1-3H3,(H,19,20,22)/t14-,15-,18-/m1/s1. The van der Waals surface area contributed by atoms with Crippen molar-refractivity contribution in [3.8, 4) is 0 Å². The number of nitrogens with zero attached hydrogens (tertiary/aromatic N) is 3. The monoisotopic (exact) mass is 397 g/mol. The van der Waals surface area contributed by atoms with Gasteiger partial charge in [-0.1, -0.05) is 20.8 Å². The Morgan fingerprint density at radius 1 is 1.33 bits per heavy atom. The van der Waals surface area contributed by atoms with Crippen LogP contribution in [0.1, 0.15) is 40.0 Å². The molecule has 0 unspecified atom stereocenters. The van der Waals surface area contributed by atoms with Crippen LogP contribution in [0.3, 0.4) is 0 Å². The Hall–Kier alpha value is -1.45. The van der Waals surface area contributed by atoms with E-state index in [1.807, 2.05) is 11.0 Å². The van der Waals surface area contributed by atoms with E-state index in [-0.39, 0.29) is 12.1 Å². The molecule has 3 rings (SSSR count). The van der Waals surface area contributed by atoms with Gasteiger partial charge in [0.05, 0.1) is 17.4 Å². The van der Waals surface area contributed by atoms with Crippen molar-refractivity contribution in [3.05, 3.63) is 12.4 Å². The lowest BCUT2D eigenvalue weighted by molar-refractivity contribution is -0.0203. The van der Waals surface area contributed by atoms with E-state index in [9.17, 15) is 8.42 Å². The average Bonchev–Trinajstić information content (AvgIpc) is 3.13. The number of ether oxygens (including phenoxy) is 1. The summed E-state index contributed by atoms with van der Waals surface area (Å²) >= 11 is 0. The Bertz CT molecular complexity index is 727. The number of rotatable bonds is 7. The number of hydrogen-bond acceptors (Lipinski definition) is 7. The second-order valence-electron chi connectivity index (χ2n) is 7.63. The lowest BCUT2D eigenvalue weighted by Crippen LogP contribution is -2.43. The van der Waals surface area contributed by atoms with Crippen molar-refractivity contribution in [2.45, 2.75) is 57.4 Å². The molecular formula is C18H31N5O3S. The maximum atomic E-state index is 12.2. The quantitative estimate of drug-likeness (QED) is 0.721. The highest BCUT2D eigenvalue weighted by atomic mass is 32.2. The molecule has 8 nitrogen and oxygen atoms in total. The van der Waals surface area contributed by atoms with Crippen LogP contribution in [-0.4, -0.2) is 62.0 Å². The topological polar surface area (TPSA) is 96.5 Å². The fraction of sp³-hybridized carbons (Fsp3) is 0.778. The predicted molar refractivity (Wildman–Crippen MR) is 106 cm³/mol. The summed E-state index contributed by atoms with van der Waals surface area (Å²) in [5.41, 5.74) is 0. The summed E-state index contributed by atoms with van der Waals surface area (Å²) in [6.07, 6.45) is 4.40. The van der Waals surface area contributed by atoms with E-state index in [4.69, 9.17) is 4.74 Å². The first kappa shape index (κ1) is 20.3. The van der Waals surface area contributed by atoms with Crippen molar-refractivity contribution in [2.75, 3.05) is 36.5 Å². The number of aromatic nitrogens is 2. The van der Waals surface area contributed by atoms with Crippen LogP contribution in [0.15, 0.2) is 12.4 Å². The fourth-order valence-corrected chi connectivity index (χ4v) is 5.34. The minimum absolute atomic E-state index is 0.165. The number of sulfonamides is 1. The molecule has 3 heterocycles. The zero-order chi connectivity index (χ0) is 19.4. The summed E-state index contributed by atoms with van der Waals surface area (Å²) in [4.78, 5) is 10.7. The molecule has 1 aromatic rings. The molecule has 2 aliphatic heterocycles. The van der Waals surface area contributed by atoms with Crippen molar-refractivity contribution >= 4 is 21.7 Å². The molecule has 0 bridgehead atoms. The second-order valence-corrected chi connectivity index (χ2v) is 9.68. The SMILES string of the molecule is CCNS(=O)(=O)[C@@H]1CCN(c2cc(N[C@@H]3CCCO[C@@H]3C(C)C)ncn2)C1. The molecule has 3 atom stereocenters. The molecule has 0 amide bonds. The molecule has 0 aromatic carbocycles. The highest BCUT2D eigenvalue weighted by molar-refractivity contribution is 7.90. The van der Waals surface area contributed by atoms with Gasteiger partial charge in [-0.15, -0.1) is 0 Å². The molecule has 0 saturated carbocycles. The summed E-state index contributed by atoms with van der Waals surface area (Å²) in [6, 6.07) is 2.13. The van der Waals surface area contributed by atoms with Crippen LogP contribution < -0.4 is 14.9 Å². The minimum Gasteiger partial charge on any atom is -0.376 e. The number of hydrogen-bond donors (Lipinski definition) is 2. The van der Waals surface area contributed by atoms with Gasteiger partial charge in [0.15, 0.2) is 0 Å². The van der Waals surface area contributed by atoms with E-state index in [1.54, 1.807) is 6.92 Å². The van der Waals surface area contributed by atoms with Gasteiger partial charge in [-0.2, -0.15) is 0 Å². The average molecular weight is 398 g/mol. The highest BCUT2D eigenvalue weighted by Gasteiger charge is 2.33. The molecule has 0 spiro atoms. The Kier molecular flexibility index (Phi) is 6.54. The van der Waals surface area contributed by atoms with E-state index in [0.29, 0.717) is 32.0 Å². The molecule has 1 aromatic heterocycles. The summed E-state index contributed by atoms with van der Waals surface area (Å²) in [5.74, 6) is 1.96. The highest BCUT2D eigenvalue weighted by Crippen LogP contribution is 2.26. The first-order valence-electron chi connectivity index (χ1n) is 9.84. The maximum Gasteiger partial charge on any atom is 0.216 e. The van der Waals surface area contributed by atoms with Gasteiger partial charge in [0.2, 0.25) is 10.0 Å². The zero-order valence-electron chi connectivity index (χ0n) is 16.4. The van der Waals surface area contributed by atoms with Crippen molar-refractivity contribution in [1.29, 1.82) is 0 Å². The predicted octanol–water partition coefficient (Wildman–Crippen LogP) is 1.61. The molecule has 2 saturated heterocycles. The summed E-state index contributed by atoms with van der Waals surface area (Å²) in [5, 5.41) is 3.10. The fourth-order valence-electron chi connectivity index (χ4n) is 3.91. The Labute approximate surface area is 162 Å². The molecule has 0 aliphatic carbocycles. The van der Waals surface area contributed by atoms with Crippen LogP contribution in [0.2, 0.25) is 0 Å². The van der Waals surface area contributed by atoms with Gasteiger partial charge in [-0.25, -0.2) is 23.1 Å². The molecule has 2 aliphatic rings. The van der Waals surface area contributed by atoms with E-state index in [1.165, 1.54) is 6.33 Å². The first-order chi connectivity index (χ1) is 12.9. The molecule has 0 radical (unpaired) electrons. The third kappa shape index (κ3) is 4.89. The van der Waals surface area contributed by atoms with Crippen molar-refractivity contribution < 1.29 is 13.2 Å². The van der Waals surface area contributed by atoms with Gasteiger partial charge < -0.3 is 15.0 Å². The lowest BCUT2D eigenvalue weighted by Gasteiger charge is -2.35. The third-order valence-corrected chi connectivity index (χ3v) is 7.22. The van der Waals surface area contributed by atoms with Gasteiger partial charge >= 0.3 is 0 Å². The minimum atomic E-state index is -3.27. The van der Waals surface area contributed by atoms with Gasteiger partial charge in [-0.05, 0) is 25.2 Å². The van der Waals surface area contributed by atoms with Gasteiger partial charge in [-0.3, -0.25) is 0 Å². The molecule has 9 heteroatoms. The van der Waals surface area contributed by atoms with Crippen LogP contribution >= 0.6 is 0 Å². The molecule has 27 heavy (non-hydrogen) atoms. The lowest BCUT2D eigenvalue weighted by atomic mass is 9.94. The normalized spacial score (nSPS) is 26.5. The van der Waals surface area contributed by atoms with E-state index < -0.39 is 15.3 Å². The largest absolute Gasteiger partial charge is 0.376 e. The smallest absolute Gasteiger partial charge is 0.216 e. The van der Waals surface area contributed by atoms with Gasteiger partial charge in [0.1, 0.15) is 18.0 Å². The van der Waals surface area contributed by atoms with Crippen LogP contribution in [0.4, 0.5) is 11.6 Å². The van der Waals surface area contributed by atoms with Crippen LogP contribution in [0.25, 0.3) is 0 Å². The van der Waals surface area contributed by atoms with E-state index in [2.05, 4.69) is 33.9 Å². The summed E-state index contributed by atoms with van der Waals surface area (Å²) < 4.78 is 33.0. The maximum absolute atomic E-state index is 12.2. The molecular weight excluding hydrogens is 366 g/mol. The Balaban J connectivity index is 1.67. The third-order valence-electron chi connectivity index (χ3n) is 5.26. The second kappa shape index (κ2) is 8.70. The van der Waals surface area contributed by atoms with Crippen molar-refractivity contribution in [2.24, 2.45) is 5.92 Å². The molecule has 152 valence electrons. The molecule has 2 N–H and O–H groups in total.